The molecule has 32 heavy (non-hydrogen) atoms. The van der Waals surface area contributed by atoms with Gasteiger partial charge in [-0.2, -0.15) is 5.26 Å². The first kappa shape index (κ1) is 22.2. The summed E-state index contributed by atoms with van der Waals surface area (Å²) in [6.45, 7) is 3.24. The number of benzene rings is 2. The van der Waals surface area contributed by atoms with Crippen LogP contribution in [-0.4, -0.2) is 17.6 Å². The molecule has 0 atom stereocenters. The largest absolute Gasteiger partial charge is 0.477 e. The van der Waals surface area contributed by atoms with Crippen LogP contribution in [0.5, 0.6) is 0 Å². The van der Waals surface area contributed by atoms with E-state index in [0.29, 0.717) is 0 Å². The molecule has 3 aromatic rings. The Kier molecular flexibility index (Phi) is 6.99. The highest BCUT2D eigenvalue weighted by molar-refractivity contribution is 7.99. The van der Waals surface area contributed by atoms with Gasteiger partial charge >= 0.3 is 5.97 Å². The number of unbranched alkanes of at least 4 members (excludes halogenated alkanes) is 3. The predicted molar refractivity (Wildman–Crippen MR) is 133 cm³/mol. The minimum atomic E-state index is -1.20. The van der Waals surface area contributed by atoms with Crippen LogP contribution in [0.4, 0.5) is 11.4 Å². The van der Waals surface area contributed by atoms with Crippen LogP contribution in [0, 0.1) is 11.3 Å². The molecular weight excluding hydrogens is 436 g/mol. The number of para-hydroxylation sites is 1. The molecule has 6 heteroatoms. The Morgan fingerprint density at radius 2 is 1.88 bits per heavy atom. The van der Waals surface area contributed by atoms with Crippen molar-refractivity contribution in [2.45, 2.75) is 42.4 Å². The highest BCUT2D eigenvalue weighted by Crippen LogP contribution is 2.49. The van der Waals surface area contributed by atoms with Crippen molar-refractivity contribution in [3.05, 3.63) is 65.0 Å². The molecule has 4 nitrogen and oxygen atoms in total. The summed E-state index contributed by atoms with van der Waals surface area (Å²) >= 11 is 3.28. The van der Waals surface area contributed by atoms with Gasteiger partial charge < -0.3 is 10.0 Å². The van der Waals surface area contributed by atoms with Crippen molar-refractivity contribution in [3.63, 3.8) is 0 Å². The number of hydrogen-bond acceptors (Lipinski definition) is 5. The summed E-state index contributed by atoms with van der Waals surface area (Å²) in [5, 5.41) is 18.1. The second-order valence-corrected chi connectivity index (χ2v) is 9.84. The van der Waals surface area contributed by atoms with E-state index in [-0.39, 0.29) is 5.57 Å². The fraction of sp³-hybridized carbons (Fsp3) is 0.231. The fourth-order valence-electron chi connectivity index (χ4n) is 3.79. The zero-order chi connectivity index (χ0) is 22.5. The van der Waals surface area contributed by atoms with Crippen molar-refractivity contribution in [2.75, 3.05) is 11.4 Å². The molecule has 1 aliphatic heterocycles. The van der Waals surface area contributed by atoms with Crippen LogP contribution in [-0.2, 0) is 4.79 Å². The molecule has 4 rings (SSSR count). The molecule has 0 saturated heterocycles. The lowest BCUT2D eigenvalue weighted by molar-refractivity contribution is -0.132. The van der Waals surface area contributed by atoms with E-state index < -0.39 is 5.97 Å². The number of aliphatic carboxylic acids is 1. The highest BCUT2D eigenvalue weighted by atomic mass is 32.2. The van der Waals surface area contributed by atoms with Gasteiger partial charge in [0.05, 0.1) is 11.4 Å². The van der Waals surface area contributed by atoms with Gasteiger partial charge in [-0.25, -0.2) is 4.79 Å². The summed E-state index contributed by atoms with van der Waals surface area (Å²) < 4.78 is 0. The van der Waals surface area contributed by atoms with E-state index in [0.717, 1.165) is 21.9 Å². The van der Waals surface area contributed by atoms with Crippen molar-refractivity contribution < 1.29 is 9.90 Å². The zero-order valence-electron chi connectivity index (χ0n) is 17.9. The fourth-order valence-corrected chi connectivity index (χ4v) is 5.88. The van der Waals surface area contributed by atoms with Crippen molar-refractivity contribution in [3.8, 4) is 16.5 Å². The van der Waals surface area contributed by atoms with E-state index in [1.54, 1.807) is 17.8 Å². The summed E-state index contributed by atoms with van der Waals surface area (Å²) in [6.07, 6.45) is 6.33. The molecule has 2 aromatic carbocycles. The maximum absolute atomic E-state index is 11.1. The molecule has 0 bridgehead atoms. The number of anilines is 2. The SMILES string of the molecule is CCCCCCN1c2ccccc2Sc2cc(-c3ccc(/C=C(/C#N)C(=O)O)s3)ccc21. The van der Waals surface area contributed by atoms with Crippen molar-refractivity contribution >= 4 is 46.5 Å². The van der Waals surface area contributed by atoms with Crippen LogP contribution >= 0.6 is 23.1 Å². The van der Waals surface area contributed by atoms with Gasteiger partial charge in [0, 0.05) is 26.1 Å². The summed E-state index contributed by atoms with van der Waals surface area (Å²) in [5.41, 5.74) is 3.36. The number of nitriles is 1. The van der Waals surface area contributed by atoms with Crippen molar-refractivity contribution in [1.29, 1.82) is 5.26 Å². The number of carboxylic acid groups (broad SMARTS) is 1. The normalized spacial score (nSPS) is 12.8. The first-order valence-corrected chi connectivity index (χ1v) is 12.4. The van der Waals surface area contributed by atoms with Crippen LogP contribution in [0.2, 0.25) is 0 Å². The Hall–Kier alpha value is -3.01. The molecule has 0 unspecified atom stereocenters. The van der Waals surface area contributed by atoms with Gasteiger partial charge in [0.2, 0.25) is 0 Å². The van der Waals surface area contributed by atoms with Gasteiger partial charge in [-0.05, 0) is 54.5 Å². The molecule has 0 aliphatic carbocycles. The topological polar surface area (TPSA) is 64.3 Å². The maximum Gasteiger partial charge on any atom is 0.346 e. The van der Waals surface area contributed by atoms with E-state index >= 15 is 0 Å². The Morgan fingerprint density at radius 1 is 1.06 bits per heavy atom. The number of fused-ring (bicyclic) bond motifs is 2. The molecule has 1 aromatic heterocycles. The average molecular weight is 461 g/mol. The predicted octanol–water partition coefficient (Wildman–Crippen LogP) is 7.59. The molecular formula is C26H24N2O2S2. The quantitative estimate of drug-likeness (QED) is 0.213. The Labute approximate surface area is 196 Å². The molecule has 2 heterocycles. The Balaban J connectivity index is 1.64. The standard InChI is InChI=1S/C26H24N2O2S2/c1-2-3-4-7-14-28-21-8-5-6-9-24(21)32-25-16-18(10-12-22(25)28)23-13-11-20(31-23)15-19(17-27)26(29)30/h5-6,8-13,15-16H,2-4,7,14H2,1H3,(H,29,30)/b19-15-. The summed E-state index contributed by atoms with van der Waals surface area (Å²) in [5.74, 6) is -1.20. The molecule has 0 fully saturated rings. The van der Waals surface area contributed by atoms with Crippen LogP contribution in [0.25, 0.3) is 16.5 Å². The lowest BCUT2D eigenvalue weighted by Gasteiger charge is -2.33. The van der Waals surface area contributed by atoms with Gasteiger partial charge in [0.1, 0.15) is 11.6 Å². The zero-order valence-corrected chi connectivity index (χ0v) is 19.5. The van der Waals surface area contributed by atoms with E-state index in [1.807, 2.05) is 12.1 Å². The number of carbonyl (C=O) groups is 1. The molecule has 1 N–H and O–H groups in total. The number of nitrogens with zero attached hydrogens (tertiary/aromatic N) is 2. The molecule has 0 amide bonds. The van der Waals surface area contributed by atoms with Gasteiger partial charge in [0.15, 0.2) is 0 Å². The third-order valence-corrected chi connectivity index (χ3v) is 7.60. The summed E-state index contributed by atoms with van der Waals surface area (Å²) in [4.78, 5) is 17.9. The average Bonchev–Trinajstić information content (AvgIpc) is 3.27. The number of hydrogen-bond donors (Lipinski definition) is 1. The summed E-state index contributed by atoms with van der Waals surface area (Å²) in [6, 6.07) is 20.7. The van der Waals surface area contributed by atoms with Crippen molar-refractivity contribution in [1.82, 2.24) is 0 Å². The Morgan fingerprint density at radius 3 is 2.66 bits per heavy atom. The molecule has 0 radical (unpaired) electrons. The number of thiophene rings is 1. The second kappa shape index (κ2) is 10.1. The molecule has 0 saturated carbocycles. The van der Waals surface area contributed by atoms with Crippen LogP contribution < -0.4 is 4.90 Å². The van der Waals surface area contributed by atoms with Crippen molar-refractivity contribution in [2.24, 2.45) is 0 Å². The van der Waals surface area contributed by atoms with Gasteiger partial charge in [0.25, 0.3) is 0 Å². The lowest BCUT2D eigenvalue weighted by Crippen LogP contribution is -2.21. The van der Waals surface area contributed by atoms with Gasteiger partial charge in [-0.3, -0.25) is 0 Å². The van der Waals surface area contributed by atoms with E-state index in [9.17, 15) is 4.79 Å². The minimum absolute atomic E-state index is 0.255. The molecule has 0 spiro atoms. The summed E-state index contributed by atoms with van der Waals surface area (Å²) in [7, 11) is 0. The maximum atomic E-state index is 11.1. The number of carboxylic acids is 1. The molecule has 162 valence electrons. The second-order valence-electron chi connectivity index (χ2n) is 7.64. The first-order valence-electron chi connectivity index (χ1n) is 10.7. The molecule has 1 aliphatic rings. The van der Waals surface area contributed by atoms with Crippen LogP contribution in [0.1, 0.15) is 37.5 Å². The van der Waals surface area contributed by atoms with Gasteiger partial charge in [-0.1, -0.05) is 56.1 Å². The highest BCUT2D eigenvalue weighted by Gasteiger charge is 2.23. The van der Waals surface area contributed by atoms with E-state index in [1.165, 1.54) is 64.3 Å². The van der Waals surface area contributed by atoms with E-state index in [4.69, 9.17) is 10.4 Å². The van der Waals surface area contributed by atoms with Crippen LogP contribution in [0.3, 0.4) is 0 Å². The van der Waals surface area contributed by atoms with Crippen LogP contribution in [0.15, 0.2) is 70.0 Å². The third-order valence-electron chi connectivity index (χ3n) is 5.41. The van der Waals surface area contributed by atoms with E-state index in [2.05, 4.69) is 54.3 Å². The third kappa shape index (κ3) is 4.74. The monoisotopic (exact) mass is 460 g/mol. The first-order chi connectivity index (χ1) is 15.6. The smallest absolute Gasteiger partial charge is 0.346 e. The minimum Gasteiger partial charge on any atom is -0.477 e. The van der Waals surface area contributed by atoms with Gasteiger partial charge in [-0.15, -0.1) is 11.3 Å². The Bertz CT molecular complexity index is 1210. The lowest BCUT2D eigenvalue weighted by atomic mass is 10.1. The number of rotatable bonds is 8.